The van der Waals surface area contributed by atoms with Crippen LogP contribution in [0.15, 0.2) is 40.8 Å². The van der Waals surface area contributed by atoms with Crippen molar-refractivity contribution < 1.29 is 23.8 Å². The normalized spacial score (nSPS) is 11.7. The molecule has 0 bridgehead atoms. The standard InChI is InChI=1S/C16H17NO5/c1-3-21-12-6-4-5-11(9-12)10(2)17-15(18)13-7-8-14(22-13)16(19)20/h4-10H,3H2,1-2H3,(H,17,18)(H,19,20). The second-order valence-corrected chi connectivity index (χ2v) is 4.67. The molecule has 0 spiro atoms. The maximum absolute atomic E-state index is 12.0. The van der Waals surface area contributed by atoms with Crippen LogP contribution in [0.5, 0.6) is 5.75 Å². The van der Waals surface area contributed by atoms with E-state index in [4.69, 9.17) is 14.3 Å². The lowest BCUT2D eigenvalue weighted by molar-refractivity contribution is 0.0659. The van der Waals surface area contributed by atoms with Gasteiger partial charge in [0.25, 0.3) is 5.91 Å². The van der Waals surface area contributed by atoms with Crippen molar-refractivity contribution in [2.75, 3.05) is 6.61 Å². The Morgan fingerprint density at radius 1 is 1.27 bits per heavy atom. The number of nitrogens with one attached hydrogen (secondary N) is 1. The highest BCUT2D eigenvalue weighted by Gasteiger charge is 2.17. The summed E-state index contributed by atoms with van der Waals surface area (Å²) < 4.78 is 10.4. The zero-order valence-electron chi connectivity index (χ0n) is 12.3. The third-order valence-corrected chi connectivity index (χ3v) is 3.06. The number of hydrogen-bond acceptors (Lipinski definition) is 4. The van der Waals surface area contributed by atoms with Crippen LogP contribution in [0, 0.1) is 0 Å². The Morgan fingerprint density at radius 2 is 2.00 bits per heavy atom. The highest BCUT2D eigenvalue weighted by Crippen LogP contribution is 2.20. The number of rotatable bonds is 6. The van der Waals surface area contributed by atoms with Crippen LogP contribution in [0.1, 0.15) is 46.6 Å². The summed E-state index contributed by atoms with van der Waals surface area (Å²) in [5, 5.41) is 11.5. The summed E-state index contributed by atoms with van der Waals surface area (Å²) in [7, 11) is 0. The molecule has 1 amide bonds. The Bertz CT molecular complexity index is 677. The van der Waals surface area contributed by atoms with Gasteiger partial charge in [-0.2, -0.15) is 0 Å². The van der Waals surface area contributed by atoms with Gasteiger partial charge < -0.3 is 19.6 Å². The molecule has 2 aromatic rings. The van der Waals surface area contributed by atoms with Gasteiger partial charge in [-0.25, -0.2) is 4.79 Å². The number of aromatic carboxylic acids is 1. The maximum atomic E-state index is 12.0. The molecule has 0 saturated carbocycles. The number of carbonyl (C=O) groups is 2. The summed E-state index contributed by atoms with van der Waals surface area (Å²) in [5.74, 6) is -1.26. The lowest BCUT2D eigenvalue weighted by Gasteiger charge is -2.14. The highest BCUT2D eigenvalue weighted by molar-refractivity contribution is 5.93. The first kappa shape index (κ1) is 15.6. The second kappa shape index (κ2) is 6.80. The molecule has 0 aliphatic rings. The van der Waals surface area contributed by atoms with Crippen LogP contribution >= 0.6 is 0 Å². The lowest BCUT2D eigenvalue weighted by Crippen LogP contribution is -2.26. The van der Waals surface area contributed by atoms with Crippen molar-refractivity contribution in [1.82, 2.24) is 5.32 Å². The summed E-state index contributed by atoms with van der Waals surface area (Å²) in [6.45, 7) is 4.29. The zero-order valence-corrected chi connectivity index (χ0v) is 12.3. The van der Waals surface area contributed by atoms with Crippen molar-refractivity contribution in [3.05, 3.63) is 53.5 Å². The largest absolute Gasteiger partial charge is 0.494 e. The van der Waals surface area contributed by atoms with Crippen molar-refractivity contribution in [3.63, 3.8) is 0 Å². The number of carbonyl (C=O) groups excluding carboxylic acids is 1. The maximum Gasteiger partial charge on any atom is 0.371 e. The number of hydrogen-bond donors (Lipinski definition) is 2. The van der Waals surface area contributed by atoms with Crippen molar-refractivity contribution >= 4 is 11.9 Å². The molecule has 0 aliphatic carbocycles. The zero-order chi connectivity index (χ0) is 16.1. The van der Waals surface area contributed by atoms with Crippen molar-refractivity contribution in [2.45, 2.75) is 19.9 Å². The van der Waals surface area contributed by atoms with E-state index < -0.39 is 11.9 Å². The van der Waals surface area contributed by atoms with Crippen LogP contribution in [0.2, 0.25) is 0 Å². The minimum Gasteiger partial charge on any atom is -0.494 e. The smallest absolute Gasteiger partial charge is 0.371 e. The number of carboxylic acids is 1. The fourth-order valence-corrected chi connectivity index (χ4v) is 1.97. The van der Waals surface area contributed by atoms with Crippen LogP contribution < -0.4 is 10.1 Å². The van der Waals surface area contributed by atoms with Crippen molar-refractivity contribution in [3.8, 4) is 5.75 Å². The van der Waals surface area contributed by atoms with E-state index in [0.29, 0.717) is 6.61 Å². The quantitative estimate of drug-likeness (QED) is 0.856. The molecule has 1 unspecified atom stereocenters. The van der Waals surface area contributed by atoms with Gasteiger partial charge in [-0.15, -0.1) is 0 Å². The number of carboxylic acid groups (broad SMARTS) is 1. The van der Waals surface area contributed by atoms with Gasteiger partial charge in [0.05, 0.1) is 12.6 Å². The van der Waals surface area contributed by atoms with Gasteiger partial charge >= 0.3 is 5.97 Å². The average molecular weight is 303 g/mol. The number of ether oxygens (including phenoxy) is 1. The fraction of sp³-hybridized carbons (Fsp3) is 0.250. The van der Waals surface area contributed by atoms with Gasteiger partial charge in [0.1, 0.15) is 5.75 Å². The second-order valence-electron chi connectivity index (χ2n) is 4.67. The van der Waals surface area contributed by atoms with Crippen molar-refractivity contribution in [1.29, 1.82) is 0 Å². The van der Waals surface area contributed by atoms with Gasteiger partial charge in [-0.3, -0.25) is 4.79 Å². The summed E-state index contributed by atoms with van der Waals surface area (Å²) >= 11 is 0. The Morgan fingerprint density at radius 3 is 2.64 bits per heavy atom. The molecule has 1 aromatic carbocycles. The molecule has 0 fully saturated rings. The molecule has 0 saturated heterocycles. The lowest BCUT2D eigenvalue weighted by atomic mass is 10.1. The van der Waals surface area contributed by atoms with Crippen LogP contribution in [0.25, 0.3) is 0 Å². The van der Waals surface area contributed by atoms with Gasteiger partial charge in [-0.1, -0.05) is 12.1 Å². The minimum atomic E-state index is -1.21. The molecule has 1 heterocycles. The number of benzene rings is 1. The Hall–Kier alpha value is -2.76. The molecule has 22 heavy (non-hydrogen) atoms. The van der Waals surface area contributed by atoms with Crippen LogP contribution in [-0.4, -0.2) is 23.6 Å². The molecular formula is C16H17NO5. The third-order valence-electron chi connectivity index (χ3n) is 3.06. The summed E-state index contributed by atoms with van der Waals surface area (Å²) in [6, 6.07) is 9.72. The average Bonchev–Trinajstić information content (AvgIpc) is 2.98. The molecule has 1 aromatic heterocycles. The number of amides is 1. The van der Waals surface area contributed by atoms with Gasteiger partial charge in [-0.05, 0) is 43.7 Å². The molecule has 6 nitrogen and oxygen atoms in total. The Kier molecular flexibility index (Phi) is 4.83. The van der Waals surface area contributed by atoms with Crippen molar-refractivity contribution in [2.24, 2.45) is 0 Å². The predicted molar refractivity (Wildman–Crippen MR) is 79.2 cm³/mol. The van der Waals surface area contributed by atoms with E-state index in [0.717, 1.165) is 11.3 Å². The summed E-state index contributed by atoms with van der Waals surface area (Å²) in [5.41, 5.74) is 0.879. The van der Waals surface area contributed by atoms with Crippen LogP contribution in [0.3, 0.4) is 0 Å². The van der Waals surface area contributed by atoms with Gasteiger partial charge in [0.2, 0.25) is 5.76 Å². The van der Waals surface area contributed by atoms with Gasteiger partial charge in [0, 0.05) is 0 Å². The van der Waals surface area contributed by atoms with E-state index in [1.807, 2.05) is 38.1 Å². The van der Waals surface area contributed by atoms with Crippen LogP contribution in [0.4, 0.5) is 0 Å². The van der Waals surface area contributed by atoms with E-state index in [2.05, 4.69) is 5.32 Å². The van der Waals surface area contributed by atoms with E-state index in [1.54, 1.807) is 0 Å². The van der Waals surface area contributed by atoms with Crippen LogP contribution in [-0.2, 0) is 0 Å². The van der Waals surface area contributed by atoms with E-state index in [9.17, 15) is 9.59 Å². The fourth-order valence-electron chi connectivity index (χ4n) is 1.97. The monoisotopic (exact) mass is 303 g/mol. The molecule has 116 valence electrons. The van der Waals surface area contributed by atoms with E-state index in [1.165, 1.54) is 12.1 Å². The first-order valence-corrected chi connectivity index (χ1v) is 6.88. The van der Waals surface area contributed by atoms with E-state index in [-0.39, 0.29) is 17.6 Å². The molecule has 1 atom stereocenters. The molecule has 2 N–H and O–H groups in total. The molecule has 0 radical (unpaired) electrons. The number of furan rings is 1. The summed E-state index contributed by atoms with van der Waals surface area (Å²) in [4.78, 5) is 22.8. The van der Waals surface area contributed by atoms with E-state index >= 15 is 0 Å². The molecular weight excluding hydrogens is 286 g/mol. The SMILES string of the molecule is CCOc1cccc(C(C)NC(=O)c2ccc(C(=O)O)o2)c1. The predicted octanol–water partition coefficient (Wildman–Crippen LogP) is 2.87. The first-order chi connectivity index (χ1) is 10.5. The topological polar surface area (TPSA) is 88.8 Å². The molecule has 0 aliphatic heterocycles. The molecule has 2 rings (SSSR count). The van der Waals surface area contributed by atoms with Gasteiger partial charge in [0.15, 0.2) is 5.76 Å². The Labute approximate surface area is 127 Å². The highest BCUT2D eigenvalue weighted by atomic mass is 16.5. The minimum absolute atomic E-state index is 0.0368. The first-order valence-electron chi connectivity index (χ1n) is 6.88. The Balaban J connectivity index is 2.07. The summed E-state index contributed by atoms with van der Waals surface area (Å²) in [6.07, 6.45) is 0. The third kappa shape index (κ3) is 3.66. The molecule has 6 heteroatoms.